The van der Waals surface area contributed by atoms with Crippen LogP contribution in [0.2, 0.25) is 0 Å². The molecular formula is C104H109F13N16O9. The molecule has 0 radical (unpaired) electrons. The van der Waals surface area contributed by atoms with Gasteiger partial charge < -0.3 is 23.9 Å². The second-order valence-electron chi connectivity index (χ2n) is 39.8. The third kappa shape index (κ3) is 26.6. The van der Waals surface area contributed by atoms with E-state index >= 15 is 0 Å². The van der Waals surface area contributed by atoms with Crippen LogP contribution < -0.4 is 40.8 Å². The number of amides is 5. The predicted octanol–water partition coefficient (Wildman–Crippen LogP) is 26.4. The van der Waals surface area contributed by atoms with Gasteiger partial charge in [0, 0.05) is 55.1 Å². The maximum Gasteiger partial charge on any atom is 0.573 e. The molecule has 3 aliphatic rings. The number of aromatic nitrogens is 10. The molecule has 3 aliphatic carbocycles. The average Bonchev–Trinajstić information content (AvgIpc) is 1.59. The third-order valence-electron chi connectivity index (χ3n) is 24.5. The Balaban J connectivity index is 0.000000149. The minimum absolute atomic E-state index is 0.0219. The van der Waals surface area contributed by atoms with E-state index in [1.807, 2.05) is 143 Å². The number of hydrogen-bond donors (Lipinski definition) is 6. The topological polar surface area (TPSA) is 287 Å². The fourth-order valence-electron chi connectivity index (χ4n) is 16.9. The molecule has 0 bridgehead atoms. The van der Waals surface area contributed by atoms with Crippen LogP contribution in [-0.4, -0.2) is 107 Å². The molecule has 5 aromatic heterocycles. The number of anilines is 5. The van der Waals surface area contributed by atoms with Crippen LogP contribution in [0.5, 0.6) is 17.2 Å². The summed E-state index contributed by atoms with van der Waals surface area (Å²) in [5, 5.41) is 24.2. The highest BCUT2D eigenvalue weighted by Gasteiger charge is 2.41. The van der Waals surface area contributed by atoms with Crippen molar-refractivity contribution in [2.24, 2.45) is 21.7 Å². The second-order valence-corrected chi connectivity index (χ2v) is 39.8. The van der Waals surface area contributed by atoms with Crippen LogP contribution in [0.15, 0.2) is 170 Å². The van der Waals surface area contributed by atoms with Crippen molar-refractivity contribution in [3.05, 3.63) is 227 Å². The number of carbonyl (C=O) groups is 5. The van der Waals surface area contributed by atoms with Crippen LogP contribution in [0.4, 0.5) is 92.5 Å². The van der Waals surface area contributed by atoms with Crippen LogP contribution in [0, 0.1) is 79.2 Å². The lowest BCUT2D eigenvalue weighted by atomic mass is 9.68. The lowest BCUT2D eigenvalue weighted by molar-refractivity contribution is -0.276. The molecule has 5 amide bonds. The summed E-state index contributed by atoms with van der Waals surface area (Å²) in [7, 11) is 0. The second kappa shape index (κ2) is 41.4. The van der Waals surface area contributed by atoms with Gasteiger partial charge in [0.05, 0.1) is 90.8 Å². The highest BCUT2D eigenvalue weighted by atomic mass is 19.4. The van der Waals surface area contributed by atoms with Crippen molar-refractivity contribution in [1.29, 1.82) is 0 Å². The van der Waals surface area contributed by atoms with Gasteiger partial charge in [0.2, 0.25) is 59.3 Å². The van der Waals surface area contributed by atoms with Gasteiger partial charge in [-0.1, -0.05) is 105 Å². The molecular weight excluding hydrogens is 1860 g/mol. The predicted molar refractivity (Wildman–Crippen MR) is 517 cm³/mol. The normalized spacial score (nSPS) is 14.6. The van der Waals surface area contributed by atoms with Crippen LogP contribution in [-0.2, 0) is 29.5 Å². The number of carbonyl (C=O) groups excluding carboxylic acids is 5. The first-order chi connectivity index (χ1) is 66.4. The number of benzene rings is 9. The van der Waals surface area contributed by atoms with E-state index in [4.69, 9.17) is 6.57 Å². The molecule has 25 nitrogen and oxygen atoms in total. The van der Waals surface area contributed by atoms with E-state index in [0.717, 1.165) is 133 Å². The Morgan fingerprint density at radius 2 is 0.697 bits per heavy atom. The largest absolute Gasteiger partial charge is 0.573 e. The smallest absolute Gasteiger partial charge is 0.406 e. The molecule has 38 heteroatoms. The number of nitrogens with one attached hydrogen (secondary N) is 5. The fourth-order valence-corrected chi connectivity index (χ4v) is 16.9. The van der Waals surface area contributed by atoms with Gasteiger partial charge >= 0.3 is 19.1 Å². The fraction of sp³-hybridized carbons (Fsp3) is 0.375. The van der Waals surface area contributed by atoms with Crippen molar-refractivity contribution in [2.75, 3.05) is 26.6 Å². The van der Waals surface area contributed by atoms with Gasteiger partial charge in [-0.15, -0.1) is 39.5 Å². The Bertz CT molecular complexity index is 7120. The van der Waals surface area contributed by atoms with Gasteiger partial charge in [-0.25, -0.2) is 47.3 Å². The number of rotatable bonds is 22. The third-order valence-corrected chi connectivity index (χ3v) is 24.5. The molecule has 0 saturated heterocycles. The summed E-state index contributed by atoms with van der Waals surface area (Å²) in [5.41, 5.74) is 10.8. The number of nitrogens with zero attached hydrogens (tertiary/aromatic N) is 11. The molecule has 1 atom stereocenters. The Labute approximate surface area is 809 Å². The molecule has 3 fully saturated rings. The van der Waals surface area contributed by atoms with Crippen molar-refractivity contribution in [2.45, 2.75) is 230 Å². The number of aliphatic hydroxyl groups is 1. The number of imidazole rings is 5. The van der Waals surface area contributed by atoms with Crippen molar-refractivity contribution < 1.29 is 100 Å². The summed E-state index contributed by atoms with van der Waals surface area (Å²) in [6.07, 6.45) is -3.58. The van der Waals surface area contributed by atoms with E-state index in [0.29, 0.717) is 93.3 Å². The molecule has 1 unspecified atom stereocenters. The zero-order valence-corrected chi connectivity index (χ0v) is 80.8. The van der Waals surface area contributed by atoms with Gasteiger partial charge in [0.25, 0.3) is 0 Å². The first-order valence-corrected chi connectivity index (χ1v) is 45.9. The van der Waals surface area contributed by atoms with Crippen LogP contribution in [0.3, 0.4) is 0 Å². The minimum Gasteiger partial charge on any atom is -0.406 e. The van der Waals surface area contributed by atoms with Gasteiger partial charge in [-0.3, -0.25) is 68.8 Å². The number of ether oxygens (including phenoxy) is 3. The van der Waals surface area contributed by atoms with E-state index in [1.165, 1.54) is 51.6 Å². The maximum absolute atomic E-state index is 14.4. The molecule has 5 heterocycles. The van der Waals surface area contributed by atoms with Gasteiger partial charge in [0.1, 0.15) is 5.75 Å². The lowest BCUT2D eigenvalue weighted by Gasteiger charge is -2.41. The Morgan fingerprint density at radius 1 is 0.380 bits per heavy atom. The molecule has 3 saturated carbocycles. The Hall–Kier alpha value is -14.4. The van der Waals surface area contributed by atoms with E-state index in [1.54, 1.807) is 40.3 Å². The number of hydrogen-bond acceptors (Lipinski definition) is 14. The summed E-state index contributed by atoms with van der Waals surface area (Å²) < 4.78 is 188. The highest BCUT2D eigenvalue weighted by molar-refractivity contribution is 5.97. The van der Waals surface area contributed by atoms with Crippen molar-refractivity contribution in [3.63, 3.8) is 0 Å². The minimum atomic E-state index is -5.01. The van der Waals surface area contributed by atoms with E-state index in [2.05, 4.69) is 95.9 Å². The first kappa shape index (κ1) is 105. The quantitative estimate of drug-likeness (QED) is 0.0272. The first-order valence-electron chi connectivity index (χ1n) is 45.9. The standard InChI is InChI=1S/C22H21F4N3O2.C22H22F3N3O2.C21H21F4N3O2.C20H21F2N3O.C19H24N4O2/c1-13-4-6-16-17(10-13)29(14-5-7-18(15(23)11-14)31-22(24,25)26)20(27-16)28-19(30)12-21(2)8-3-9-21;1-14-4-9-17-18(12-14)28(15-5-7-16(8-6-15)30-22(23,24)25)20(26-17)27-19(29)13-21(2)10-3-11-21;1-12-5-7-15-16(9-12)28(19(26-15)27-18(29)11-20(2,3)4)13-6-8-17(14(22)10-13)30-21(23,24)25;1-12-5-8-16-17(9-12)25(13-6-7-14(21)15(22)10-13)19(23-16)24-18(26)11-20(2,3)4;1-5-19(3,25)12-16(24)22-17-21-14-8-7-13(20-4)11-15(14)23(17)18(2)9-6-10-18/h4-7,10-11H,3,8-9,12H2,1-2H3,(H,27,28,30);4-9,12H,3,10-11,13H2,1-2H3,(H,26,27,29);5-10H,11H2,1-4H3,(H,26,27,29);5-10H,11H2,1-4H3,(H,23,24,26);7-8,11,25H,5-6,9-10,12H2,1-3H3,(H,21,22,24). The summed E-state index contributed by atoms with van der Waals surface area (Å²) in [5.74, 6) is -6.04. The van der Waals surface area contributed by atoms with Gasteiger partial charge in [0.15, 0.2) is 40.5 Å². The molecule has 142 heavy (non-hydrogen) atoms. The molecule has 750 valence electrons. The van der Waals surface area contributed by atoms with Crippen molar-refractivity contribution in [1.82, 2.24) is 47.8 Å². The molecule has 0 spiro atoms. The van der Waals surface area contributed by atoms with Crippen LogP contribution in [0.25, 0.3) is 82.8 Å². The molecule has 0 aliphatic heterocycles. The average molecular weight is 1970 g/mol. The maximum atomic E-state index is 14.4. The molecule has 6 N–H and O–H groups in total. The number of alkyl halides is 9. The Kier molecular flexibility index (Phi) is 30.6. The highest BCUT2D eigenvalue weighted by Crippen LogP contribution is 2.47. The van der Waals surface area contributed by atoms with Crippen molar-refractivity contribution in [3.8, 4) is 40.0 Å². The zero-order chi connectivity index (χ0) is 103. The molecule has 14 aromatic rings. The van der Waals surface area contributed by atoms with E-state index < -0.39 is 59.5 Å². The number of aryl methyl sites for hydroxylation is 4. The van der Waals surface area contributed by atoms with Crippen LogP contribution in [0.1, 0.15) is 195 Å². The molecule has 9 aromatic carbocycles. The molecule has 17 rings (SSSR count). The van der Waals surface area contributed by atoms with E-state index in [-0.39, 0.29) is 105 Å². The van der Waals surface area contributed by atoms with Gasteiger partial charge in [-0.05, 0) is 258 Å². The summed E-state index contributed by atoms with van der Waals surface area (Å²) >= 11 is 0. The van der Waals surface area contributed by atoms with Crippen molar-refractivity contribution >= 4 is 120 Å². The SMILES string of the molecule is Cc1ccc2nc(NC(=O)CC(C)(C)C)n(-c3ccc(F)c(F)c3)c2c1.Cc1ccc2nc(NC(=O)CC(C)(C)C)n(-c3ccc(OC(F)(F)F)c(F)c3)c2c1.Cc1ccc2nc(NC(=O)CC3(C)CCC3)n(-c3ccc(OC(F)(F)F)c(F)c3)c2c1.Cc1ccc2nc(NC(=O)CC3(C)CCC3)n(-c3ccc(OC(F)(F)F)cc3)c2c1.[C-]#[N+]c1ccc2nc(NC(=O)CC(C)(O)CC)n(C3(C)CCC3)c2c1. The Morgan fingerprint density at radius 3 is 1.02 bits per heavy atom. The van der Waals surface area contributed by atoms with Gasteiger partial charge in [-0.2, -0.15) is 0 Å². The number of halogens is 13. The summed E-state index contributed by atoms with van der Waals surface area (Å²) in [4.78, 5) is 88.5. The summed E-state index contributed by atoms with van der Waals surface area (Å²) in [6.45, 7) is 36.3. The van der Waals surface area contributed by atoms with Crippen LogP contribution >= 0.6 is 0 Å². The monoisotopic (exact) mass is 1970 g/mol. The van der Waals surface area contributed by atoms with E-state index in [9.17, 15) is 86.2 Å². The number of fused-ring (bicyclic) bond motifs is 5. The summed E-state index contributed by atoms with van der Waals surface area (Å²) in [6, 6.07) is 42.8. The lowest BCUT2D eigenvalue weighted by Crippen LogP contribution is -2.39. The zero-order valence-electron chi connectivity index (χ0n) is 80.8.